The second-order valence-corrected chi connectivity index (χ2v) is 10.1. The van der Waals surface area contributed by atoms with E-state index in [1.54, 1.807) is 61.5 Å². The zero-order chi connectivity index (χ0) is 30.3. The third kappa shape index (κ3) is 5.18. The lowest BCUT2D eigenvalue weighted by Gasteiger charge is -2.15. The quantitative estimate of drug-likeness (QED) is 0.151. The maximum atomic E-state index is 14.1. The van der Waals surface area contributed by atoms with E-state index in [0.29, 0.717) is 22.3 Å². The largest absolute Gasteiger partial charge is 0.505 e. The van der Waals surface area contributed by atoms with Gasteiger partial charge in [0, 0.05) is 16.5 Å². The molecule has 214 valence electrons. The number of aromatic amines is 1. The first-order valence-corrected chi connectivity index (χ1v) is 13.0. The zero-order valence-corrected chi connectivity index (χ0v) is 22.8. The average molecular weight is 574 g/mol. The van der Waals surface area contributed by atoms with Gasteiger partial charge in [-0.25, -0.2) is 0 Å². The Labute approximate surface area is 238 Å². The highest BCUT2D eigenvalue weighted by molar-refractivity contribution is 6.04. The molecule has 0 spiro atoms. The number of carboxylic acids is 1. The lowest BCUT2D eigenvalue weighted by atomic mass is 9.94. The number of aryl methyl sites for hydroxylation is 2. The van der Waals surface area contributed by atoms with Crippen LogP contribution < -0.4 is 0 Å². The van der Waals surface area contributed by atoms with Crippen molar-refractivity contribution < 1.29 is 33.3 Å². The molecule has 10 heteroatoms. The van der Waals surface area contributed by atoms with Gasteiger partial charge >= 0.3 is 12.1 Å². The third-order valence-corrected chi connectivity index (χ3v) is 7.39. The summed E-state index contributed by atoms with van der Waals surface area (Å²) in [5.74, 6) is -2.34. The molecule has 0 saturated carbocycles. The molecule has 1 unspecified atom stereocenters. The first-order chi connectivity index (χ1) is 19.9. The van der Waals surface area contributed by atoms with Gasteiger partial charge in [-0.1, -0.05) is 54.6 Å². The van der Waals surface area contributed by atoms with Crippen molar-refractivity contribution in [3.63, 3.8) is 0 Å². The minimum Gasteiger partial charge on any atom is -0.505 e. The Morgan fingerprint density at radius 3 is 2.21 bits per heavy atom. The lowest BCUT2D eigenvalue weighted by molar-refractivity contribution is -0.138. The number of alkyl halides is 3. The van der Waals surface area contributed by atoms with E-state index >= 15 is 0 Å². The van der Waals surface area contributed by atoms with E-state index in [2.05, 4.69) is 15.2 Å². The number of para-hydroxylation sites is 1. The Bertz CT molecular complexity index is 1860. The predicted molar refractivity (Wildman–Crippen MR) is 154 cm³/mol. The van der Waals surface area contributed by atoms with E-state index in [1.807, 2.05) is 13.8 Å². The molecule has 0 fully saturated rings. The van der Waals surface area contributed by atoms with Crippen molar-refractivity contribution in [3.05, 3.63) is 95.1 Å². The molecule has 0 aliphatic rings. The van der Waals surface area contributed by atoms with Gasteiger partial charge in [-0.05, 0) is 66.8 Å². The smallest absolute Gasteiger partial charge is 0.417 e. The van der Waals surface area contributed by atoms with E-state index in [-0.39, 0.29) is 33.6 Å². The van der Waals surface area contributed by atoms with Gasteiger partial charge in [0.15, 0.2) is 11.4 Å². The predicted octanol–water partition coefficient (Wildman–Crippen LogP) is 9.15. The topological polar surface area (TPSA) is 118 Å². The van der Waals surface area contributed by atoms with Gasteiger partial charge in [0.25, 0.3) is 0 Å². The van der Waals surface area contributed by atoms with Crippen LogP contribution in [0.15, 0.2) is 83.0 Å². The molecule has 1 heterocycles. The number of fused-ring (bicyclic) bond motifs is 1. The number of hydrogen-bond donors (Lipinski definition) is 4. The van der Waals surface area contributed by atoms with Crippen molar-refractivity contribution in [1.29, 1.82) is 0 Å². The monoisotopic (exact) mass is 573 g/mol. The Kier molecular flexibility index (Phi) is 7.24. The maximum absolute atomic E-state index is 14.1. The molecule has 0 saturated heterocycles. The number of H-pyrrole nitrogens is 1. The Morgan fingerprint density at radius 2 is 1.57 bits per heavy atom. The number of azo groups is 1. The fraction of sp³-hybridized carbons (Fsp3) is 0.156. The molecule has 5 aromatic rings. The third-order valence-electron chi connectivity index (χ3n) is 7.39. The van der Waals surface area contributed by atoms with E-state index in [9.17, 15) is 33.3 Å². The lowest BCUT2D eigenvalue weighted by Crippen LogP contribution is -2.07. The molecule has 0 amide bonds. The number of carbonyl (C=O) groups is 1. The number of aromatic hydroxyl groups is 2. The van der Waals surface area contributed by atoms with Crippen LogP contribution in [0.4, 0.5) is 24.5 Å². The highest BCUT2D eigenvalue weighted by atomic mass is 19.4. The molecule has 5 rings (SSSR count). The molecule has 4 N–H and O–H groups in total. The van der Waals surface area contributed by atoms with Crippen LogP contribution in [-0.4, -0.2) is 26.3 Å². The van der Waals surface area contributed by atoms with Crippen molar-refractivity contribution in [2.24, 2.45) is 10.2 Å². The number of benzene rings is 4. The summed E-state index contributed by atoms with van der Waals surface area (Å²) in [6.07, 6.45) is -4.65. The molecule has 0 radical (unpaired) electrons. The number of phenols is 1. The highest BCUT2D eigenvalue weighted by Crippen LogP contribution is 2.47. The summed E-state index contributed by atoms with van der Waals surface area (Å²) in [5, 5.41) is 39.3. The molecule has 1 aromatic heterocycles. The van der Waals surface area contributed by atoms with Crippen LogP contribution in [0.2, 0.25) is 0 Å². The molecular weight excluding hydrogens is 547 g/mol. The molecule has 4 aromatic carbocycles. The Morgan fingerprint density at radius 1 is 0.881 bits per heavy atom. The second-order valence-electron chi connectivity index (χ2n) is 10.1. The number of phenolic OH excluding ortho intramolecular Hbond substituents is 1. The summed E-state index contributed by atoms with van der Waals surface area (Å²) in [5.41, 5.74) is 2.74. The van der Waals surface area contributed by atoms with Gasteiger partial charge in [0.05, 0.1) is 17.0 Å². The summed E-state index contributed by atoms with van der Waals surface area (Å²) in [6, 6.07) is 18.7. The highest BCUT2D eigenvalue weighted by Gasteiger charge is 2.35. The number of hydrogen-bond acceptors (Lipinski definition) is 5. The summed E-state index contributed by atoms with van der Waals surface area (Å²) < 4.78 is 42.2. The van der Waals surface area contributed by atoms with Gasteiger partial charge in [-0.15, -0.1) is 10.2 Å². The van der Waals surface area contributed by atoms with E-state index < -0.39 is 29.5 Å². The Balaban J connectivity index is 1.57. The van der Waals surface area contributed by atoms with Crippen molar-refractivity contribution in [3.8, 4) is 33.9 Å². The fourth-order valence-corrected chi connectivity index (χ4v) is 4.81. The van der Waals surface area contributed by atoms with Crippen molar-refractivity contribution in [1.82, 2.24) is 4.98 Å². The summed E-state index contributed by atoms with van der Waals surface area (Å²) in [6.45, 7) is 5.25. The van der Waals surface area contributed by atoms with Gasteiger partial charge in [0.2, 0.25) is 5.88 Å². The standard InChI is InChI=1S/C32H26F3N3O4/c1-16-7-8-21(15-17(16)2)26-24(32(33,34)35)14-13-23-27(26)36-30(40)28(23)38-37-25-6-4-5-22(29(25)39)20-11-9-19(10-12-20)18(3)31(41)42/h4-15,18,36,39-40H,1-3H3,(H,41,42). The maximum Gasteiger partial charge on any atom is 0.417 e. The SMILES string of the molecule is Cc1ccc(-c2c(C(F)(F)F)ccc3c(N=Nc4cccc(-c5ccc(C(C)C(=O)O)cc5)c4O)c(O)[nH]c23)cc1C. The van der Waals surface area contributed by atoms with Gasteiger partial charge in [-0.3, -0.25) is 4.79 Å². The van der Waals surface area contributed by atoms with Crippen LogP contribution in [0.1, 0.15) is 35.1 Å². The van der Waals surface area contributed by atoms with Crippen LogP contribution in [0.3, 0.4) is 0 Å². The number of nitrogens with one attached hydrogen (secondary N) is 1. The van der Waals surface area contributed by atoms with Crippen molar-refractivity contribution in [2.45, 2.75) is 32.9 Å². The van der Waals surface area contributed by atoms with Crippen LogP contribution in [-0.2, 0) is 11.0 Å². The number of nitrogens with zero attached hydrogens (tertiary/aromatic N) is 2. The Hall–Kier alpha value is -5.12. The number of aromatic nitrogens is 1. The summed E-state index contributed by atoms with van der Waals surface area (Å²) >= 11 is 0. The summed E-state index contributed by atoms with van der Waals surface area (Å²) in [4.78, 5) is 13.9. The van der Waals surface area contributed by atoms with E-state index in [1.165, 1.54) is 12.1 Å². The van der Waals surface area contributed by atoms with Gasteiger partial charge < -0.3 is 20.3 Å². The van der Waals surface area contributed by atoms with Crippen LogP contribution in [0.5, 0.6) is 11.6 Å². The van der Waals surface area contributed by atoms with Gasteiger partial charge in [0.1, 0.15) is 5.69 Å². The molecular formula is C32H26F3N3O4. The molecule has 0 aliphatic heterocycles. The summed E-state index contributed by atoms with van der Waals surface area (Å²) in [7, 11) is 0. The number of carboxylic acid groups (broad SMARTS) is 1. The number of aliphatic carboxylic acids is 1. The minimum absolute atomic E-state index is 0.0492. The fourth-order valence-electron chi connectivity index (χ4n) is 4.81. The number of halogens is 3. The first-order valence-electron chi connectivity index (χ1n) is 13.0. The normalized spacial score (nSPS) is 12.7. The van der Waals surface area contributed by atoms with E-state index in [4.69, 9.17) is 0 Å². The van der Waals surface area contributed by atoms with Crippen molar-refractivity contribution >= 4 is 28.2 Å². The zero-order valence-electron chi connectivity index (χ0n) is 22.8. The molecule has 7 nitrogen and oxygen atoms in total. The van der Waals surface area contributed by atoms with Crippen molar-refractivity contribution in [2.75, 3.05) is 0 Å². The van der Waals surface area contributed by atoms with Gasteiger partial charge in [-0.2, -0.15) is 13.2 Å². The van der Waals surface area contributed by atoms with Crippen LogP contribution >= 0.6 is 0 Å². The average Bonchev–Trinajstić information content (AvgIpc) is 3.27. The molecule has 0 aliphatic carbocycles. The molecule has 1 atom stereocenters. The second kappa shape index (κ2) is 10.7. The number of rotatable bonds is 6. The first kappa shape index (κ1) is 28.4. The minimum atomic E-state index is -4.65. The van der Waals surface area contributed by atoms with Crippen LogP contribution in [0.25, 0.3) is 33.2 Å². The van der Waals surface area contributed by atoms with Crippen LogP contribution in [0, 0.1) is 13.8 Å². The molecule has 42 heavy (non-hydrogen) atoms. The van der Waals surface area contributed by atoms with E-state index in [0.717, 1.165) is 17.2 Å². The molecule has 0 bridgehead atoms.